The number of nitrogens with one attached hydrogen (secondary N) is 2. The molecule has 8 heteroatoms. The minimum atomic E-state index is -1.45. The number of rotatable bonds is 7. The van der Waals surface area contributed by atoms with Crippen LogP contribution in [0.25, 0.3) is 11.8 Å². The third-order valence-electron chi connectivity index (χ3n) is 12.1. The number of aliphatic hydroxyl groups excluding tert-OH is 1. The first-order valence-corrected chi connectivity index (χ1v) is 17.0. The van der Waals surface area contributed by atoms with E-state index in [9.17, 15) is 19.8 Å². The predicted octanol–water partition coefficient (Wildman–Crippen LogP) is 5.21. The second kappa shape index (κ2) is 11.5. The zero-order valence-corrected chi connectivity index (χ0v) is 27.1. The summed E-state index contributed by atoms with van der Waals surface area (Å²) in [6.07, 6.45) is 8.67. The molecule has 3 saturated carbocycles. The van der Waals surface area contributed by atoms with Crippen molar-refractivity contribution < 1.29 is 19.8 Å². The van der Waals surface area contributed by atoms with E-state index in [1.54, 1.807) is 0 Å². The second-order valence-corrected chi connectivity index (χ2v) is 14.6. The van der Waals surface area contributed by atoms with Gasteiger partial charge in [-0.2, -0.15) is 5.10 Å². The lowest BCUT2D eigenvalue weighted by atomic mass is 9.45. The van der Waals surface area contributed by atoms with E-state index < -0.39 is 17.1 Å². The van der Waals surface area contributed by atoms with Gasteiger partial charge in [-0.1, -0.05) is 62.7 Å². The maximum absolute atomic E-state index is 13.3. The molecule has 8 nitrogen and oxygen atoms in total. The lowest BCUT2D eigenvalue weighted by Crippen LogP contribution is -2.63. The first-order chi connectivity index (χ1) is 22.1. The van der Waals surface area contributed by atoms with Gasteiger partial charge in [-0.25, -0.2) is 4.68 Å². The highest BCUT2D eigenvalue weighted by molar-refractivity contribution is 5.94. The Morgan fingerprint density at radius 2 is 1.87 bits per heavy atom. The van der Waals surface area contributed by atoms with Crippen LogP contribution >= 0.6 is 0 Å². The van der Waals surface area contributed by atoms with E-state index in [-0.39, 0.29) is 35.0 Å². The van der Waals surface area contributed by atoms with Crippen LogP contribution in [-0.2, 0) is 17.8 Å². The van der Waals surface area contributed by atoms with Crippen LogP contribution in [0.3, 0.4) is 0 Å². The summed E-state index contributed by atoms with van der Waals surface area (Å²) >= 11 is 0. The van der Waals surface area contributed by atoms with Gasteiger partial charge in [0, 0.05) is 24.1 Å². The highest BCUT2D eigenvalue weighted by Crippen LogP contribution is 2.67. The molecule has 0 spiro atoms. The molecule has 0 saturated heterocycles. The summed E-state index contributed by atoms with van der Waals surface area (Å²) in [5, 5.41) is 34.5. The molecular formula is C38H46N4O4. The summed E-state index contributed by atoms with van der Waals surface area (Å²) in [5.41, 5.74) is 3.61. The number of hydrogen-bond acceptors (Lipinski definition) is 5. The van der Waals surface area contributed by atoms with Gasteiger partial charge in [-0.3, -0.25) is 9.59 Å². The zero-order chi connectivity index (χ0) is 32.3. The largest absolute Gasteiger partial charge is 0.393 e. The first kappa shape index (κ1) is 30.9. The molecule has 0 aliphatic heterocycles. The highest BCUT2D eigenvalue weighted by atomic mass is 16.3. The average Bonchev–Trinajstić information content (AvgIpc) is 3.58. The van der Waals surface area contributed by atoms with Gasteiger partial charge >= 0.3 is 0 Å². The summed E-state index contributed by atoms with van der Waals surface area (Å²) in [7, 11) is 0. The summed E-state index contributed by atoms with van der Waals surface area (Å²) in [6.45, 7) is 7.36. The van der Waals surface area contributed by atoms with Crippen LogP contribution in [0.2, 0.25) is 0 Å². The molecule has 242 valence electrons. The SMILES string of the molecule is CCCNC(=O)[C@@]1(O)CCC2C3CCC4=Cc5c(cnn5-c5cccc(C(=O)NCc6ccccc6)c5)C[C@]4(C)C3C(O)C[C@@]21C. The lowest BCUT2D eigenvalue weighted by Gasteiger charge is -2.60. The number of allylic oxidation sites excluding steroid dienone is 1. The van der Waals surface area contributed by atoms with Crippen molar-refractivity contribution in [3.8, 4) is 5.69 Å². The molecule has 2 amide bonds. The van der Waals surface area contributed by atoms with Gasteiger partial charge in [0.05, 0.1) is 23.7 Å². The van der Waals surface area contributed by atoms with Crippen LogP contribution in [0.4, 0.5) is 0 Å². The molecule has 4 unspecified atom stereocenters. The van der Waals surface area contributed by atoms with Crippen molar-refractivity contribution in [2.75, 3.05) is 6.54 Å². The number of carbonyl (C=O) groups is 2. The summed E-state index contributed by atoms with van der Waals surface area (Å²) in [4.78, 5) is 26.3. The molecule has 1 aromatic heterocycles. The molecule has 4 aliphatic carbocycles. The Balaban J connectivity index is 1.13. The monoisotopic (exact) mass is 622 g/mol. The standard InChI is InChI=1S/C38H46N4O4/c1-4-17-39-35(45)38(46)16-15-30-29-14-13-27-19-31-26(20-36(27,2)33(29)32(43)21-37(30,38)3)23-41-42(31)28-12-8-11-25(18-28)34(44)40-22-24-9-6-5-7-10-24/h5-12,18-19,23,29-30,32-33,43,46H,4,13-17,20-22H2,1-3H3,(H,39,45)(H,40,44)/t29?,30?,32?,33?,36-,37-,38-/m0/s1. The topological polar surface area (TPSA) is 116 Å². The van der Waals surface area contributed by atoms with Crippen molar-refractivity contribution in [1.82, 2.24) is 20.4 Å². The Kier molecular flexibility index (Phi) is 7.72. The predicted molar refractivity (Wildman–Crippen MR) is 177 cm³/mol. The Hall–Kier alpha value is -3.75. The van der Waals surface area contributed by atoms with E-state index >= 15 is 0 Å². The number of carbonyl (C=O) groups excluding carboxylic acids is 2. The number of aliphatic hydroxyl groups is 2. The molecule has 1 heterocycles. The quantitative estimate of drug-likeness (QED) is 0.289. The number of benzene rings is 2. The smallest absolute Gasteiger partial charge is 0.252 e. The van der Waals surface area contributed by atoms with Crippen LogP contribution in [0.15, 0.2) is 66.4 Å². The summed E-state index contributed by atoms with van der Waals surface area (Å²) in [6, 6.07) is 17.5. The van der Waals surface area contributed by atoms with Crippen molar-refractivity contribution in [2.45, 2.75) is 84.0 Å². The first-order valence-electron chi connectivity index (χ1n) is 17.0. The maximum Gasteiger partial charge on any atom is 0.252 e. The molecule has 7 atom stereocenters. The molecule has 46 heavy (non-hydrogen) atoms. The number of amides is 2. The molecular weight excluding hydrogens is 576 g/mol. The van der Waals surface area contributed by atoms with E-state index in [1.807, 2.05) is 79.3 Å². The third-order valence-corrected chi connectivity index (χ3v) is 12.1. The molecule has 0 radical (unpaired) electrons. The molecule has 2 aromatic carbocycles. The Bertz CT molecular complexity index is 1680. The second-order valence-electron chi connectivity index (χ2n) is 14.6. The number of fused-ring (bicyclic) bond motifs is 6. The minimum absolute atomic E-state index is 0.0415. The number of hydrogen-bond donors (Lipinski definition) is 4. The van der Waals surface area contributed by atoms with Gasteiger partial charge in [-0.05, 0) is 104 Å². The number of aromatic nitrogens is 2. The minimum Gasteiger partial charge on any atom is -0.393 e. The Morgan fingerprint density at radius 1 is 1.07 bits per heavy atom. The molecule has 3 aromatic rings. The van der Waals surface area contributed by atoms with Crippen LogP contribution < -0.4 is 10.6 Å². The third kappa shape index (κ3) is 4.75. The van der Waals surface area contributed by atoms with Gasteiger partial charge in [0.15, 0.2) is 0 Å². The number of nitrogens with zero attached hydrogens (tertiary/aromatic N) is 2. The van der Waals surface area contributed by atoms with Gasteiger partial charge in [-0.15, -0.1) is 0 Å². The normalized spacial score (nSPS) is 32.8. The van der Waals surface area contributed by atoms with E-state index in [0.29, 0.717) is 31.5 Å². The summed E-state index contributed by atoms with van der Waals surface area (Å²) in [5.74, 6) is 0.0406. The fourth-order valence-corrected chi connectivity index (χ4v) is 9.81. The van der Waals surface area contributed by atoms with Crippen molar-refractivity contribution in [1.29, 1.82) is 0 Å². The molecule has 0 bridgehead atoms. The van der Waals surface area contributed by atoms with Crippen LogP contribution in [0.5, 0.6) is 0 Å². The Morgan fingerprint density at radius 3 is 2.65 bits per heavy atom. The fraction of sp³-hybridized carbons (Fsp3) is 0.500. The van der Waals surface area contributed by atoms with Crippen LogP contribution in [-0.4, -0.2) is 50.1 Å². The van der Waals surface area contributed by atoms with Gasteiger partial charge in [0.2, 0.25) is 0 Å². The van der Waals surface area contributed by atoms with Gasteiger partial charge in [0.25, 0.3) is 11.8 Å². The molecule has 3 fully saturated rings. The van der Waals surface area contributed by atoms with E-state index in [4.69, 9.17) is 5.10 Å². The average molecular weight is 623 g/mol. The fourth-order valence-electron chi connectivity index (χ4n) is 9.81. The van der Waals surface area contributed by atoms with E-state index in [0.717, 1.165) is 54.6 Å². The van der Waals surface area contributed by atoms with Gasteiger partial charge < -0.3 is 20.8 Å². The lowest BCUT2D eigenvalue weighted by molar-refractivity contribution is -0.181. The molecule has 4 N–H and O–H groups in total. The molecule has 4 aliphatic rings. The van der Waals surface area contributed by atoms with Crippen LogP contribution in [0, 0.1) is 28.6 Å². The summed E-state index contributed by atoms with van der Waals surface area (Å²) < 4.78 is 1.93. The van der Waals surface area contributed by atoms with E-state index in [2.05, 4.69) is 23.6 Å². The Labute approximate surface area is 271 Å². The van der Waals surface area contributed by atoms with Crippen molar-refractivity contribution in [3.63, 3.8) is 0 Å². The van der Waals surface area contributed by atoms with Crippen molar-refractivity contribution in [2.24, 2.45) is 28.6 Å². The van der Waals surface area contributed by atoms with Crippen molar-refractivity contribution in [3.05, 3.63) is 88.8 Å². The van der Waals surface area contributed by atoms with Crippen molar-refractivity contribution >= 4 is 17.9 Å². The van der Waals surface area contributed by atoms with Gasteiger partial charge in [0.1, 0.15) is 5.60 Å². The van der Waals surface area contributed by atoms with Crippen LogP contribution in [0.1, 0.15) is 86.5 Å². The zero-order valence-electron chi connectivity index (χ0n) is 27.1. The highest BCUT2D eigenvalue weighted by Gasteiger charge is 2.68. The maximum atomic E-state index is 13.3. The molecule has 7 rings (SSSR count). The van der Waals surface area contributed by atoms with E-state index in [1.165, 1.54) is 5.57 Å².